The van der Waals surface area contributed by atoms with Gasteiger partial charge in [-0.05, 0) is 32.8 Å². The van der Waals surface area contributed by atoms with Gasteiger partial charge in [0, 0.05) is 18.0 Å². The zero-order chi connectivity index (χ0) is 17.5. The third-order valence-corrected chi connectivity index (χ3v) is 5.41. The van der Waals surface area contributed by atoms with E-state index < -0.39 is 16.1 Å². The molecule has 24 heavy (non-hydrogen) atoms. The smallest absolute Gasteiger partial charge is 0.242 e. The average molecular weight is 351 g/mol. The Kier molecular flexibility index (Phi) is 4.31. The fourth-order valence-electron chi connectivity index (χ4n) is 3.01. The SMILES string of the molecule is CC(C)n1ncc2cc(NC(=O)C3CCCN3S(C)(=O)=O)cnc21. The number of hydrogen-bond acceptors (Lipinski definition) is 5. The first-order chi connectivity index (χ1) is 11.3. The highest BCUT2D eigenvalue weighted by Crippen LogP contribution is 2.23. The summed E-state index contributed by atoms with van der Waals surface area (Å²) >= 11 is 0. The lowest BCUT2D eigenvalue weighted by atomic mass is 10.2. The molecule has 1 N–H and O–H groups in total. The summed E-state index contributed by atoms with van der Waals surface area (Å²) in [4.78, 5) is 16.8. The van der Waals surface area contributed by atoms with E-state index in [9.17, 15) is 13.2 Å². The van der Waals surface area contributed by atoms with E-state index in [0.717, 1.165) is 17.3 Å². The van der Waals surface area contributed by atoms with Crippen molar-refractivity contribution in [2.45, 2.75) is 38.8 Å². The molecule has 0 aliphatic carbocycles. The highest BCUT2D eigenvalue weighted by Gasteiger charge is 2.36. The summed E-state index contributed by atoms with van der Waals surface area (Å²) in [6.45, 7) is 4.42. The summed E-state index contributed by atoms with van der Waals surface area (Å²) in [7, 11) is -3.39. The van der Waals surface area contributed by atoms with E-state index in [2.05, 4.69) is 15.4 Å². The first-order valence-corrected chi connectivity index (χ1v) is 9.73. The normalized spacial score (nSPS) is 19.2. The van der Waals surface area contributed by atoms with Crippen LogP contribution in [0.15, 0.2) is 18.5 Å². The predicted octanol–water partition coefficient (Wildman–Crippen LogP) is 1.37. The summed E-state index contributed by atoms with van der Waals surface area (Å²) in [6.07, 6.45) is 5.62. The van der Waals surface area contributed by atoms with E-state index >= 15 is 0 Å². The predicted molar refractivity (Wildman–Crippen MR) is 91.1 cm³/mol. The Bertz CT molecular complexity index is 874. The van der Waals surface area contributed by atoms with Gasteiger partial charge in [-0.2, -0.15) is 9.40 Å². The highest BCUT2D eigenvalue weighted by molar-refractivity contribution is 7.88. The zero-order valence-corrected chi connectivity index (χ0v) is 14.7. The van der Waals surface area contributed by atoms with Crippen LogP contribution in [0.4, 0.5) is 5.69 Å². The third-order valence-electron chi connectivity index (χ3n) is 4.12. The van der Waals surface area contributed by atoms with Crippen molar-refractivity contribution in [2.24, 2.45) is 0 Å². The summed E-state index contributed by atoms with van der Waals surface area (Å²) in [6, 6.07) is 1.33. The largest absolute Gasteiger partial charge is 0.323 e. The van der Waals surface area contributed by atoms with Gasteiger partial charge in [-0.1, -0.05) is 0 Å². The van der Waals surface area contributed by atoms with Crippen LogP contribution in [-0.4, -0.2) is 52.2 Å². The van der Waals surface area contributed by atoms with Crippen molar-refractivity contribution in [3.8, 4) is 0 Å². The van der Waals surface area contributed by atoms with Gasteiger partial charge in [-0.15, -0.1) is 0 Å². The van der Waals surface area contributed by atoms with Crippen molar-refractivity contribution in [1.82, 2.24) is 19.1 Å². The highest BCUT2D eigenvalue weighted by atomic mass is 32.2. The van der Waals surface area contributed by atoms with E-state index in [4.69, 9.17) is 0 Å². The topological polar surface area (TPSA) is 97.2 Å². The number of carbonyl (C=O) groups excluding carboxylic acids is 1. The Balaban J connectivity index is 1.81. The molecule has 1 aliphatic rings. The van der Waals surface area contributed by atoms with Crippen molar-refractivity contribution in [3.05, 3.63) is 18.5 Å². The molecular weight excluding hydrogens is 330 g/mol. The molecule has 3 heterocycles. The number of hydrogen-bond donors (Lipinski definition) is 1. The van der Waals surface area contributed by atoms with Crippen LogP contribution in [-0.2, 0) is 14.8 Å². The van der Waals surface area contributed by atoms with Gasteiger partial charge in [-0.3, -0.25) is 4.79 Å². The fourth-order valence-corrected chi connectivity index (χ4v) is 4.14. The molecule has 3 rings (SSSR count). The summed E-state index contributed by atoms with van der Waals surface area (Å²) in [5.41, 5.74) is 1.29. The second-order valence-electron chi connectivity index (χ2n) is 6.34. The maximum atomic E-state index is 12.5. The van der Waals surface area contributed by atoms with E-state index in [-0.39, 0.29) is 11.9 Å². The molecule has 9 heteroatoms. The second kappa shape index (κ2) is 6.14. The number of amides is 1. The summed E-state index contributed by atoms with van der Waals surface area (Å²) < 4.78 is 26.6. The quantitative estimate of drug-likeness (QED) is 0.897. The molecule has 1 saturated heterocycles. The fraction of sp³-hybridized carbons (Fsp3) is 0.533. The Hall–Kier alpha value is -2.00. The van der Waals surface area contributed by atoms with Crippen molar-refractivity contribution in [2.75, 3.05) is 18.1 Å². The molecule has 1 atom stereocenters. The molecule has 8 nitrogen and oxygen atoms in total. The van der Waals surface area contributed by atoms with Crippen LogP contribution in [0.3, 0.4) is 0 Å². The second-order valence-corrected chi connectivity index (χ2v) is 8.28. The number of nitrogens with zero attached hydrogens (tertiary/aromatic N) is 4. The van der Waals surface area contributed by atoms with Crippen LogP contribution in [0.2, 0.25) is 0 Å². The van der Waals surface area contributed by atoms with Gasteiger partial charge < -0.3 is 5.32 Å². The van der Waals surface area contributed by atoms with Crippen LogP contribution in [0.5, 0.6) is 0 Å². The van der Waals surface area contributed by atoms with Crippen molar-refractivity contribution in [1.29, 1.82) is 0 Å². The number of sulfonamides is 1. The summed E-state index contributed by atoms with van der Waals surface area (Å²) in [5.74, 6) is -0.324. The van der Waals surface area contributed by atoms with Gasteiger partial charge in [-0.25, -0.2) is 18.1 Å². The van der Waals surface area contributed by atoms with Gasteiger partial charge in [0.05, 0.1) is 24.3 Å². The molecule has 2 aromatic rings. The molecule has 0 radical (unpaired) electrons. The Labute approximate surface area is 140 Å². The van der Waals surface area contributed by atoms with Gasteiger partial charge in [0.2, 0.25) is 15.9 Å². The number of rotatable bonds is 4. The van der Waals surface area contributed by atoms with Crippen LogP contribution < -0.4 is 5.32 Å². The van der Waals surface area contributed by atoms with E-state index in [0.29, 0.717) is 25.1 Å². The standard InChI is InChI=1S/C15H21N5O3S/c1-10(2)20-14-11(8-17-20)7-12(9-16-14)18-15(21)13-5-4-6-19(13)24(3,22)23/h7-10,13H,4-6H2,1-3H3,(H,18,21). The van der Waals surface area contributed by atoms with Crippen LogP contribution in [0, 0.1) is 0 Å². The number of aromatic nitrogens is 3. The first kappa shape index (κ1) is 16.8. The molecule has 1 unspecified atom stereocenters. The first-order valence-electron chi connectivity index (χ1n) is 7.88. The number of pyridine rings is 1. The van der Waals surface area contributed by atoms with Crippen LogP contribution >= 0.6 is 0 Å². The lowest BCUT2D eigenvalue weighted by Gasteiger charge is -2.21. The molecule has 1 amide bonds. The van der Waals surface area contributed by atoms with Gasteiger partial charge in [0.15, 0.2) is 5.65 Å². The Morgan fingerprint density at radius 1 is 1.38 bits per heavy atom. The molecule has 1 fully saturated rings. The number of carbonyl (C=O) groups is 1. The minimum absolute atomic E-state index is 0.192. The molecule has 0 bridgehead atoms. The Morgan fingerprint density at radius 2 is 2.12 bits per heavy atom. The lowest BCUT2D eigenvalue weighted by Crippen LogP contribution is -2.42. The van der Waals surface area contributed by atoms with Crippen molar-refractivity contribution in [3.63, 3.8) is 0 Å². The molecule has 0 aromatic carbocycles. The maximum absolute atomic E-state index is 12.5. The summed E-state index contributed by atoms with van der Waals surface area (Å²) in [5, 5.41) is 7.89. The monoisotopic (exact) mass is 351 g/mol. The number of fused-ring (bicyclic) bond motifs is 1. The van der Waals surface area contributed by atoms with Crippen LogP contribution in [0.25, 0.3) is 11.0 Å². The van der Waals surface area contributed by atoms with Gasteiger partial charge in [0.25, 0.3) is 0 Å². The average Bonchev–Trinajstić information content (AvgIpc) is 3.13. The Morgan fingerprint density at radius 3 is 2.79 bits per heavy atom. The minimum atomic E-state index is -3.39. The molecule has 0 spiro atoms. The van der Waals surface area contributed by atoms with E-state index in [1.54, 1.807) is 18.5 Å². The lowest BCUT2D eigenvalue weighted by molar-refractivity contribution is -0.119. The van der Waals surface area contributed by atoms with Gasteiger partial charge >= 0.3 is 0 Å². The number of anilines is 1. The van der Waals surface area contributed by atoms with E-state index in [1.807, 2.05) is 18.5 Å². The minimum Gasteiger partial charge on any atom is -0.323 e. The van der Waals surface area contributed by atoms with Crippen molar-refractivity contribution < 1.29 is 13.2 Å². The van der Waals surface area contributed by atoms with E-state index in [1.165, 1.54) is 4.31 Å². The van der Waals surface area contributed by atoms with Crippen molar-refractivity contribution >= 4 is 32.7 Å². The number of nitrogens with one attached hydrogen (secondary N) is 1. The molecule has 1 aliphatic heterocycles. The molecule has 130 valence electrons. The molecular formula is C15H21N5O3S. The third kappa shape index (κ3) is 3.13. The molecule has 0 saturated carbocycles. The molecule has 2 aromatic heterocycles. The maximum Gasteiger partial charge on any atom is 0.242 e. The van der Waals surface area contributed by atoms with Crippen LogP contribution in [0.1, 0.15) is 32.7 Å². The van der Waals surface area contributed by atoms with Gasteiger partial charge in [0.1, 0.15) is 6.04 Å². The zero-order valence-electron chi connectivity index (χ0n) is 13.9.